The van der Waals surface area contributed by atoms with Crippen molar-refractivity contribution in [1.29, 1.82) is 0 Å². The van der Waals surface area contributed by atoms with Crippen molar-refractivity contribution in [3.8, 4) is 11.1 Å². The monoisotopic (exact) mass is 514 g/mol. The van der Waals surface area contributed by atoms with E-state index in [1.807, 2.05) is 107 Å². The van der Waals surface area contributed by atoms with Crippen molar-refractivity contribution in [2.45, 2.75) is 45.4 Å². The number of likely N-dealkylation sites (N-methyl/N-ethyl adjacent to an activating group) is 1. The second kappa shape index (κ2) is 12.4. The van der Waals surface area contributed by atoms with E-state index in [0.29, 0.717) is 25.3 Å². The third-order valence-corrected chi connectivity index (χ3v) is 7.59. The summed E-state index contributed by atoms with van der Waals surface area (Å²) >= 11 is 0. The van der Waals surface area contributed by atoms with Crippen molar-refractivity contribution < 1.29 is 19.4 Å². The normalized spacial score (nSPS) is 19.5. The molecule has 1 heterocycles. The summed E-state index contributed by atoms with van der Waals surface area (Å²) < 4.78 is 6.54. The van der Waals surface area contributed by atoms with E-state index in [1.165, 1.54) is 0 Å². The number of aliphatic hydroxyl groups excluding tert-OH is 1. The molecule has 1 aliphatic heterocycles. The molecule has 0 radical (unpaired) electrons. The average Bonchev–Trinajstić information content (AvgIpc) is 2.97. The van der Waals surface area contributed by atoms with Gasteiger partial charge in [0.1, 0.15) is 0 Å². The Balaban J connectivity index is 1.67. The van der Waals surface area contributed by atoms with E-state index in [0.717, 1.165) is 22.3 Å². The van der Waals surface area contributed by atoms with Crippen LogP contribution in [0.25, 0.3) is 11.1 Å². The fourth-order valence-corrected chi connectivity index (χ4v) is 5.13. The van der Waals surface area contributed by atoms with Gasteiger partial charge in [0, 0.05) is 31.6 Å². The molecule has 1 aliphatic rings. The number of carbonyl (C=O) groups is 2. The van der Waals surface area contributed by atoms with E-state index in [4.69, 9.17) is 4.74 Å². The molecule has 0 bridgehead atoms. The number of nitrogens with zero attached hydrogens (tertiary/aromatic N) is 2. The molecular formula is C32H38N2O4. The number of ether oxygens (including phenoxy) is 1. The second-order valence-corrected chi connectivity index (χ2v) is 10.4. The molecule has 6 nitrogen and oxygen atoms in total. The molecule has 38 heavy (non-hydrogen) atoms. The van der Waals surface area contributed by atoms with Gasteiger partial charge in [0.2, 0.25) is 5.91 Å². The molecule has 0 saturated heterocycles. The summed E-state index contributed by atoms with van der Waals surface area (Å²) in [5.41, 5.74) is 4.36. The number of carbonyl (C=O) groups excluding carboxylic acids is 2. The van der Waals surface area contributed by atoms with Gasteiger partial charge in [-0.2, -0.15) is 0 Å². The molecule has 0 saturated carbocycles. The summed E-state index contributed by atoms with van der Waals surface area (Å²) in [7, 11) is 1.81. The quantitative estimate of drug-likeness (QED) is 0.504. The van der Waals surface area contributed by atoms with Crippen molar-refractivity contribution >= 4 is 11.8 Å². The molecular weight excluding hydrogens is 476 g/mol. The molecule has 3 aromatic rings. The average molecular weight is 515 g/mol. The summed E-state index contributed by atoms with van der Waals surface area (Å²) in [5, 5.41) is 10.0. The van der Waals surface area contributed by atoms with E-state index < -0.39 is 0 Å². The van der Waals surface area contributed by atoms with Gasteiger partial charge in [-0.1, -0.05) is 79.7 Å². The van der Waals surface area contributed by atoms with Crippen LogP contribution in [0, 0.1) is 5.92 Å². The second-order valence-electron chi connectivity index (χ2n) is 10.4. The van der Waals surface area contributed by atoms with Crippen LogP contribution in [-0.4, -0.2) is 65.6 Å². The number of hydrogen-bond acceptors (Lipinski definition) is 4. The standard InChI is InChI=1S/C32H38N2O4/c1-22-18-34(23(2)20-35)32(37)29-17-11-10-16-28(29)27-15-9-8-14-26(27)21-38-30(22)19-33(4)31(36)24(3)25-12-6-5-7-13-25/h5-17,22-24,30,35H,18-21H2,1-4H3/t22-,23-,24+,30+/m0/s1. The highest BCUT2D eigenvalue weighted by Crippen LogP contribution is 2.31. The van der Waals surface area contributed by atoms with Crippen LogP contribution in [0.2, 0.25) is 0 Å². The SMILES string of the molecule is C[C@@H](C(=O)N(C)C[C@H]1OCc2ccccc2-c2ccccc2C(=O)N([C@@H](C)CO)C[C@@H]1C)c1ccccc1. The summed E-state index contributed by atoms with van der Waals surface area (Å²) in [6, 6.07) is 25.0. The Hall–Kier alpha value is -3.48. The number of aliphatic hydroxyl groups is 1. The fourth-order valence-electron chi connectivity index (χ4n) is 5.13. The highest BCUT2D eigenvalue weighted by atomic mass is 16.5. The van der Waals surface area contributed by atoms with Crippen LogP contribution in [0.4, 0.5) is 0 Å². The summed E-state index contributed by atoms with van der Waals surface area (Å²) in [5.74, 6) is -0.466. The number of benzene rings is 3. The Morgan fingerprint density at radius 1 is 0.974 bits per heavy atom. The van der Waals surface area contributed by atoms with Crippen molar-refractivity contribution in [3.63, 3.8) is 0 Å². The topological polar surface area (TPSA) is 70.1 Å². The molecule has 0 aromatic heterocycles. The molecule has 1 N–H and O–H groups in total. The first-order chi connectivity index (χ1) is 18.3. The van der Waals surface area contributed by atoms with Gasteiger partial charge in [0.25, 0.3) is 5.91 Å². The van der Waals surface area contributed by atoms with Gasteiger partial charge in [0.15, 0.2) is 0 Å². The van der Waals surface area contributed by atoms with Crippen LogP contribution in [0.5, 0.6) is 0 Å². The van der Waals surface area contributed by atoms with Crippen LogP contribution >= 0.6 is 0 Å². The van der Waals surface area contributed by atoms with Crippen molar-refractivity contribution in [2.24, 2.45) is 5.92 Å². The Bertz CT molecular complexity index is 1240. The van der Waals surface area contributed by atoms with Crippen molar-refractivity contribution in [2.75, 3.05) is 26.7 Å². The molecule has 0 spiro atoms. The minimum Gasteiger partial charge on any atom is -0.394 e. The first kappa shape index (κ1) is 27.6. The van der Waals surface area contributed by atoms with Gasteiger partial charge < -0.3 is 19.6 Å². The smallest absolute Gasteiger partial charge is 0.254 e. The molecule has 6 heteroatoms. The first-order valence-corrected chi connectivity index (χ1v) is 13.3. The predicted octanol–water partition coefficient (Wildman–Crippen LogP) is 4.97. The minimum atomic E-state index is -0.368. The lowest BCUT2D eigenvalue weighted by Gasteiger charge is -2.35. The Morgan fingerprint density at radius 3 is 2.26 bits per heavy atom. The van der Waals surface area contributed by atoms with E-state index in [9.17, 15) is 14.7 Å². The van der Waals surface area contributed by atoms with E-state index >= 15 is 0 Å². The highest BCUT2D eigenvalue weighted by Gasteiger charge is 2.32. The minimum absolute atomic E-state index is 0.0192. The molecule has 0 aliphatic carbocycles. The van der Waals surface area contributed by atoms with Gasteiger partial charge in [-0.05, 0) is 42.2 Å². The maximum Gasteiger partial charge on any atom is 0.254 e. The maximum atomic E-state index is 13.9. The summed E-state index contributed by atoms with van der Waals surface area (Å²) in [6.07, 6.45) is -0.317. The lowest BCUT2D eigenvalue weighted by molar-refractivity contribution is -0.134. The molecule has 2 amide bonds. The van der Waals surface area contributed by atoms with Crippen LogP contribution < -0.4 is 0 Å². The fraction of sp³-hybridized carbons (Fsp3) is 0.375. The zero-order valence-corrected chi connectivity index (χ0v) is 22.7. The maximum absolute atomic E-state index is 13.9. The van der Waals surface area contributed by atoms with Gasteiger partial charge >= 0.3 is 0 Å². The third kappa shape index (κ3) is 5.98. The van der Waals surface area contributed by atoms with Crippen LogP contribution in [-0.2, 0) is 16.1 Å². The van der Waals surface area contributed by atoms with Gasteiger partial charge in [-0.3, -0.25) is 9.59 Å². The van der Waals surface area contributed by atoms with E-state index in [-0.39, 0.29) is 42.4 Å². The number of fused-ring (bicyclic) bond motifs is 3. The zero-order chi connectivity index (χ0) is 27.2. The van der Waals surface area contributed by atoms with Gasteiger partial charge in [-0.25, -0.2) is 0 Å². The van der Waals surface area contributed by atoms with Crippen LogP contribution in [0.3, 0.4) is 0 Å². The van der Waals surface area contributed by atoms with E-state index in [2.05, 4.69) is 0 Å². The lowest BCUT2D eigenvalue weighted by atomic mass is 9.94. The lowest BCUT2D eigenvalue weighted by Crippen LogP contribution is -2.48. The largest absolute Gasteiger partial charge is 0.394 e. The predicted molar refractivity (Wildman–Crippen MR) is 150 cm³/mol. The Labute approximate surface area is 225 Å². The molecule has 4 rings (SSSR count). The van der Waals surface area contributed by atoms with Crippen LogP contribution in [0.15, 0.2) is 78.9 Å². The summed E-state index contributed by atoms with van der Waals surface area (Å²) in [6.45, 7) is 6.83. The molecule has 3 aromatic carbocycles. The number of hydrogen-bond donors (Lipinski definition) is 1. The highest BCUT2D eigenvalue weighted by molar-refractivity contribution is 6.01. The number of amides is 2. The Morgan fingerprint density at radius 2 is 1.58 bits per heavy atom. The number of rotatable bonds is 6. The van der Waals surface area contributed by atoms with Crippen molar-refractivity contribution in [1.82, 2.24) is 9.80 Å². The molecule has 200 valence electrons. The van der Waals surface area contributed by atoms with E-state index in [1.54, 1.807) is 9.80 Å². The molecule has 0 unspecified atom stereocenters. The van der Waals surface area contributed by atoms with Crippen LogP contribution in [0.1, 0.15) is 48.2 Å². The first-order valence-electron chi connectivity index (χ1n) is 13.3. The molecule has 4 atom stereocenters. The zero-order valence-electron chi connectivity index (χ0n) is 22.7. The van der Waals surface area contributed by atoms with Gasteiger partial charge in [0.05, 0.1) is 31.3 Å². The van der Waals surface area contributed by atoms with Crippen molar-refractivity contribution in [3.05, 3.63) is 95.6 Å². The van der Waals surface area contributed by atoms with Gasteiger partial charge in [-0.15, -0.1) is 0 Å². The summed E-state index contributed by atoms with van der Waals surface area (Å²) in [4.78, 5) is 30.7. The third-order valence-electron chi connectivity index (χ3n) is 7.59. The molecule has 0 fully saturated rings. The Kier molecular flexibility index (Phi) is 8.97.